The molecule has 0 amide bonds. The molecule has 5 heteroatoms. The summed E-state index contributed by atoms with van der Waals surface area (Å²) < 4.78 is 0. The summed E-state index contributed by atoms with van der Waals surface area (Å²) in [5.74, 6) is -0.630. The quantitative estimate of drug-likeness (QED) is 0.149. The van der Waals surface area contributed by atoms with E-state index in [4.69, 9.17) is 16.3 Å². The Morgan fingerprint density at radius 3 is 1.72 bits per heavy atom. The summed E-state index contributed by atoms with van der Waals surface area (Å²) in [6.45, 7) is 10.3. The maximum Gasteiger partial charge on any atom is 0.341 e. The third kappa shape index (κ3) is 9.71. The zero-order chi connectivity index (χ0) is 19.3. The second-order valence-electron chi connectivity index (χ2n) is 8.34. The fraction of sp³-hybridized carbons (Fsp3) is 0.900. The van der Waals surface area contributed by atoms with Crippen LogP contribution >= 0.6 is 0 Å². The van der Waals surface area contributed by atoms with E-state index in [2.05, 4.69) is 25.9 Å². The first-order valence-corrected chi connectivity index (χ1v) is 9.95. The molecule has 0 aliphatic carbocycles. The molecule has 0 aromatic heterocycles. The van der Waals surface area contributed by atoms with E-state index in [0.717, 1.165) is 12.8 Å². The zero-order valence-electron chi connectivity index (χ0n) is 17.2. The van der Waals surface area contributed by atoms with Gasteiger partial charge in [-0.2, -0.15) is 0 Å². The van der Waals surface area contributed by atoms with Crippen molar-refractivity contribution in [2.45, 2.75) is 105 Å². The van der Waals surface area contributed by atoms with Gasteiger partial charge in [-0.05, 0) is 30.8 Å². The second-order valence-corrected chi connectivity index (χ2v) is 8.34. The van der Waals surface area contributed by atoms with Crippen molar-refractivity contribution in [2.75, 3.05) is 0 Å². The van der Waals surface area contributed by atoms with Crippen molar-refractivity contribution in [3.63, 3.8) is 0 Å². The van der Waals surface area contributed by atoms with Gasteiger partial charge in [0.25, 0.3) is 0 Å². The predicted octanol–water partition coefficient (Wildman–Crippen LogP) is 5.08. The molecule has 0 bridgehead atoms. The minimum atomic E-state index is -0.648. The molecule has 0 radical (unpaired) electrons. The van der Waals surface area contributed by atoms with Crippen molar-refractivity contribution >= 4 is 11.9 Å². The van der Waals surface area contributed by atoms with Crippen LogP contribution in [0.25, 0.3) is 0 Å². The Morgan fingerprint density at radius 2 is 1.28 bits per heavy atom. The van der Waals surface area contributed by atoms with Crippen LogP contribution in [0.3, 0.4) is 0 Å². The molecule has 0 spiro atoms. The maximum absolute atomic E-state index is 12.3. The molecule has 0 saturated carbocycles. The van der Waals surface area contributed by atoms with E-state index in [-0.39, 0.29) is 11.4 Å². The molecule has 0 saturated heterocycles. The van der Waals surface area contributed by atoms with Gasteiger partial charge in [-0.3, -0.25) is 0 Å². The maximum atomic E-state index is 12.3. The summed E-state index contributed by atoms with van der Waals surface area (Å²) in [4.78, 5) is 17.1. The van der Waals surface area contributed by atoms with Gasteiger partial charge in [0, 0.05) is 0 Å². The molecule has 0 aromatic carbocycles. The molecule has 148 valence electrons. The topological polar surface area (TPSA) is 90.7 Å². The lowest BCUT2D eigenvalue weighted by Crippen LogP contribution is -2.40. The molecule has 0 unspecified atom stereocenters. The van der Waals surface area contributed by atoms with Gasteiger partial charge in [0.15, 0.2) is 0 Å². The van der Waals surface area contributed by atoms with Crippen LogP contribution in [0, 0.1) is 10.8 Å². The first-order valence-electron chi connectivity index (χ1n) is 9.95. The van der Waals surface area contributed by atoms with E-state index in [1.807, 2.05) is 13.8 Å². The first-order chi connectivity index (χ1) is 11.6. The van der Waals surface area contributed by atoms with Crippen LogP contribution in [0.15, 0.2) is 5.16 Å². The van der Waals surface area contributed by atoms with Gasteiger partial charge in [-0.25, -0.2) is 4.79 Å². The number of rotatable bonds is 14. The first kappa shape index (κ1) is 23.7. The average molecular weight is 356 g/mol. The molecule has 0 rings (SSSR count). The van der Waals surface area contributed by atoms with E-state index in [0.29, 0.717) is 0 Å². The van der Waals surface area contributed by atoms with Crippen LogP contribution in [0.1, 0.15) is 105 Å². The van der Waals surface area contributed by atoms with E-state index in [1.165, 1.54) is 57.8 Å². The van der Waals surface area contributed by atoms with Crippen molar-refractivity contribution in [3.8, 4) is 0 Å². The summed E-state index contributed by atoms with van der Waals surface area (Å²) in [7, 11) is 0. The highest BCUT2D eigenvalue weighted by molar-refractivity contribution is 5.79. The van der Waals surface area contributed by atoms with E-state index in [9.17, 15) is 4.79 Å². The normalized spacial score (nSPS) is 12.0. The summed E-state index contributed by atoms with van der Waals surface area (Å²) in [5, 5.41) is 3.38. The van der Waals surface area contributed by atoms with Crippen molar-refractivity contribution in [3.05, 3.63) is 0 Å². The number of hydrogen-bond donors (Lipinski definition) is 2. The van der Waals surface area contributed by atoms with Gasteiger partial charge in [-0.1, -0.05) is 85.0 Å². The highest BCUT2D eigenvalue weighted by Gasteiger charge is 2.44. The van der Waals surface area contributed by atoms with Crippen molar-refractivity contribution in [1.29, 1.82) is 0 Å². The van der Waals surface area contributed by atoms with Gasteiger partial charge >= 0.3 is 5.97 Å². The summed E-state index contributed by atoms with van der Waals surface area (Å²) in [6, 6.07) is 0. The predicted molar refractivity (Wildman–Crippen MR) is 106 cm³/mol. The fourth-order valence-corrected chi connectivity index (χ4v) is 2.85. The summed E-state index contributed by atoms with van der Waals surface area (Å²) in [6.07, 6.45) is 14.1. The average Bonchev–Trinajstić information content (AvgIpc) is 2.53. The minimum absolute atomic E-state index is 0.177. The molecule has 0 atom stereocenters. The molecule has 0 aliphatic rings. The lowest BCUT2D eigenvalue weighted by Gasteiger charge is -2.38. The van der Waals surface area contributed by atoms with E-state index >= 15 is 0 Å². The Morgan fingerprint density at radius 1 is 0.840 bits per heavy atom. The molecular formula is C20H41N3O2. The largest absolute Gasteiger partial charge is 0.367 e. The number of carbonyl (C=O) groups is 1. The SMILES string of the molecule is CCCCCCCCCCCCC(C)(C)C(C)(C)C(=O)ON=C(N)N. The number of guanidine groups is 1. The van der Waals surface area contributed by atoms with Gasteiger partial charge in [0.1, 0.15) is 0 Å². The van der Waals surface area contributed by atoms with Crippen LogP contribution < -0.4 is 11.5 Å². The minimum Gasteiger partial charge on any atom is -0.367 e. The number of hydrogen-bond acceptors (Lipinski definition) is 3. The lowest BCUT2D eigenvalue weighted by molar-refractivity contribution is -0.161. The lowest BCUT2D eigenvalue weighted by atomic mass is 9.65. The van der Waals surface area contributed by atoms with E-state index in [1.54, 1.807) is 0 Å². The highest BCUT2D eigenvalue weighted by atomic mass is 16.7. The Bertz CT molecular complexity index is 400. The molecule has 0 fully saturated rings. The third-order valence-electron chi connectivity index (χ3n) is 5.59. The Hall–Kier alpha value is -1.26. The molecule has 0 aromatic rings. The Balaban J connectivity index is 4.02. The molecule has 0 aliphatic heterocycles. The smallest absolute Gasteiger partial charge is 0.341 e. The second kappa shape index (κ2) is 12.2. The number of carbonyl (C=O) groups excluding carboxylic acids is 1. The number of nitrogens with two attached hydrogens (primary N) is 2. The summed E-state index contributed by atoms with van der Waals surface area (Å²) >= 11 is 0. The monoisotopic (exact) mass is 355 g/mol. The molecule has 4 N–H and O–H groups in total. The number of oxime groups is 1. The van der Waals surface area contributed by atoms with Crippen LogP contribution in [0.2, 0.25) is 0 Å². The standard InChI is InChI=1S/C20H41N3O2/c1-6-7-8-9-10-11-12-13-14-15-16-19(2,3)20(4,5)17(24)25-23-18(21)22/h6-16H2,1-5H3,(H4,21,22,23). The van der Waals surface area contributed by atoms with Gasteiger partial charge in [-0.15, -0.1) is 0 Å². The van der Waals surface area contributed by atoms with Gasteiger partial charge in [0.2, 0.25) is 5.96 Å². The van der Waals surface area contributed by atoms with Crippen LogP contribution in [0.5, 0.6) is 0 Å². The van der Waals surface area contributed by atoms with Gasteiger partial charge in [0.05, 0.1) is 5.41 Å². The third-order valence-corrected chi connectivity index (χ3v) is 5.59. The zero-order valence-corrected chi connectivity index (χ0v) is 17.2. The number of nitrogens with zero attached hydrogens (tertiary/aromatic N) is 1. The van der Waals surface area contributed by atoms with Crippen LogP contribution in [0.4, 0.5) is 0 Å². The van der Waals surface area contributed by atoms with Crippen molar-refractivity contribution < 1.29 is 9.63 Å². The summed E-state index contributed by atoms with van der Waals surface area (Å²) in [5.41, 5.74) is 9.61. The van der Waals surface area contributed by atoms with Crippen molar-refractivity contribution in [2.24, 2.45) is 27.5 Å². The molecule has 0 heterocycles. The van der Waals surface area contributed by atoms with Crippen LogP contribution in [-0.4, -0.2) is 11.9 Å². The molecular weight excluding hydrogens is 314 g/mol. The Labute approximate surface area is 154 Å². The molecule has 5 nitrogen and oxygen atoms in total. The van der Waals surface area contributed by atoms with E-state index < -0.39 is 11.4 Å². The van der Waals surface area contributed by atoms with Crippen LogP contribution in [-0.2, 0) is 9.63 Å². The van der Waals surface area contributed by atoms with Crippen molar-refractivity contribution in [1.82, 2.24) is 0 Å². The fourth-order valence-electron chi connectivity index (χ4n) is 2.85. The van der Waals surface area contributed by atoms with Gasteiger partial charge < -0.3 is 16.3 Å². The Kier molecular flexibility index (Phi) is 11.5. The molecule has 25 heavy (non-hydrogen) atoms. The number of unbranched alkanes of at least 4 members (excludes halogenated alkanes) is 9. The highest BCUT2D eigenvalue weighted by Crippen LogP contribution is 2.43.